The molecular weight excluding hydrogens is 422 g/mol. The van der Waals surface area contributed by atoms with E-state index < -0.39 is 0 Å². The number of carbonyl (C=O) groups excluding carboxylic acids is 1. The summed E-state index contributed by atoms with van der Waals surface area (Å²) in [6.45, 7) is 12.8. The predicted octanol–water partition coefficient (Wildman–Crippen LogP) is 6.85. The topological polar surface area (TPSA) is 38.8 Å². The number of hydrogen-bond acceptors (Lipinski definition) is 4. The minimum Gasteiger partial charge on any atom is -0.487 e. The van der Waals surface area contributed by atoms with Crippen LogP contribution in [0.1, 0.15) is 34.0 Å². The van der Waals surface area contributed by atoms with Crippen molar-refractivity contribution in [1.82, 2.24) is 0 Å². The van der Waals surface area contributed by atoms with Crippen LogP contribution < -0.4 is 9.64 Å². The molecule has 4 heteroatoms. The van der Waals surface area contributed by atoms with Crippen LogP contribution in [0, 0.1) is 6.92 Å². The number of carbonyl (C=O) groups is 1. The number of ether oxygens (including phenoxy) is 2. The van der Waals surface area contributed by atoms with E-state index in [9.17, 15) is 4.79 Å². The van der Waals surface area contributed by atoms with Crippen molar-refractivity contribution in [2.24, 2.45) is 0 Å². The molecule has 3 aromatic carbocycles. The lowest BCUT2D eigenvalue weighted by atomic mass is 9.93. The predicted molar refractivity (Wildman–Crippen MR) is 140 cm³/mol. The number of rotatable bonds is 12. The highest BCUT2D eigenvalue weighted by Crippen LogP contribution is 2.41. The van der Waals surface area contributed by atoms with E-state index in [1.54, 1.807) is 6.08 Å². The summed E-state index contributed by atoms with van der Waals surface area (Å²) in [7, 11) is 0. The van der Waals surface area contributed by atoms with Crippen molar-refractivity contribution < 1.29 is 14.3 Å². The van der Waals surface area contributed by atoms with Crippen molar-refractivity contribution in [1.29, 1.82) is 0 Å². The molecule has 3 rings (SSSR count). The fourth-order valence-electron chi connectivity index (χ4n) is 4.11. The van der Waals surface area contributed by atoms with Crippen LogP contribution >= 0.6 is 0 Å². The van der Waals surface area contributed by atoms with Gasteiger partial charge in [-0.05, 0) is 61.6 Å². The Labute approximate surface area is 203 Å². The first-order valence-electron chi connectivity index (χ1n) is 11.6. The molecule has 0 aliphatic heterocycles. The lowest BCUT2D eigenvalue weighted by Crippen LogP contribution is -2.22. The van der Waals surface area contributed by atoms with Crippen LogP contribution in [-0.4, -0.2) is 25.7 Å². The highest BCUT2D eigenvalue weighted by atomic mass is 16.5. The molecule has 0 aliphatic carbocycles. The van der Waals surface area contributed by atoms with Gasteiger partial charge in [0.25, 0.3) is 0 Å². The molecule has 0 atom stereocenters. The monoisotopic (exact) mass is 455 g/mol. The summed E-state index contributed by atoms with van der Waals surface area (Å²) in [5.41, 5.74) is 5.37. The molecule has 0 aliphatic rings. The Morgan fingerprint density at radius 1 is 0.971 bits per heavy atom. The van der Waals surface area contributed by atoms with Gasteiger partial charge in [0, 0.05) is 12.2 Å². The third kappa shape index (κ3) is 5.96. The fraction of sp³-hybridized carbons (Fsp3) is 0.233. The molecular formula is C30H33NO3. The molecule has 176 valence electrons. The molecule has 3 aromatic rings. The van der Waals surface area contributed by atoms with Gasteiger partial charge < -0.3 is 14.4 Å². The van der Waals surface area contributed by atoms with Gasteiger partial charge >= 0.3 is 5.97 Å². The molecule has 0 unspecified atom stereocenters. The van der Waals surface area contributed by atoms with Gasteiger partial charge in [0.05, 0.1) is 17.9 Å². The molecule has 0 aromatic heterocycles. The second kappa shape index (κ2) is 12.4. The van der Waals surface area contributed by atoms with E-state index in [4.69, 9.17) is 9.47 Å². The zero-order chi connectivity index (χ0) is 24.3. The summed E-state index contributed by atoms with van der Waals surface area (Å²) < 4.78 is 11.6. The van der Waals surface area contributed by atoms with Gasteiger partial charge in [-0.3, -0.25) is 0 Å². The quantitative estimate of drug-likeness (QED) is 0.221. The minimum atomic E-state index is -0.314. The number of benzene rings is 3. The average Bonchev–Trinajstić information content (AvgIpc) is 2.86. The van der Waals surface area contributed by atoms with Crippen molar-refractivity contribution in [2.45, 2.75) is 26.7 Å². The van der Waals surface area contributed by atoms with Gasteiger partial charge in [-0.25, -0.2) is 4.79 Å². The lowest BCUT2D eigenvalue weighted by molar-refractivity contribution is 0.0524. The van der Waals surface area contributed by atoms with Gasteiger partial charge in [-0.1, -0.05) is 67.3 Å². The van der Waals surface area contributed by atoms with Gasteiger partial charge in [0.15, 0.2) is 0 Å². The number of nitrogens with zero attached hydrogens (tertiary/aromatic N) is 1. The molecule has 0 spiro atoms. The van der Waals surface area contributed by atoms with Crippen LogP contribution in [0.15, 0.2) is 92.0 Å². The summed E-state index contributed by atoms with van der Waals surface area (Å²) in [4.78, 5) is 15.3. The normalized spacial score (nSPS) is 10.4. The molecule has 0 saturated heterocycles. The molecule has 0 bridgehead atoms. The van der Waals surface area contributed by atoms with E-state index >= 15 is 0 Å². The summed E-state index contributed by atoms with van der Waals surface area (Å²) in [5.74, 6) is 0.394. The second-order valence-electron chi connectivity index (χ2n) is 7.92. The highest BCUT2D eigenvalue weighted by molar-refractivity contribution is 5.96. The van der Waals surface area contributed by atoms with E-state index in [2.05, 4.69) is 30.2 Å². The first kappa shape index (κ1) is 24.8. The molecule has 0 saturated carbocycles. The Morgan fingerprint density at radius 2 is 1.65 bits per heavy atom. The first-order chi connectivity index (χ1) is 16.6. The third-order valence-electron chi connectivity index (χ3n) is 5.60. The van der Waals surface area contributed by atoms with Crippen molar-refractivity contribution >= 4 is 17.3 Å². The average molecular weight is 456 g/mol. The molecule has 4 nitrogen and oxygen atoms in total. The molecule has 34 heavy (non-hydrogen) atoms. The summed E-state index contributed by atoms with van der Waals surface area (Å²) in [6.07, 6.45) is 5.07. The largest absolute Gasteiger partial charge is 0.487 e. The lowest BCUT2D eigenvalue weighted by Gasteiger charge is -2.29. The second-order valence-corrected chi connectivity index (χ2v) is 7.92. The molecule has 0 N–H and O–H groups in total. The van der Waals surface area contributed by atoms with E-state index in [0.29, 0.717) is 37.5 Å². The number of hydrogen-bond donors (Lipinski definition) is 0. The van der Waals surface area contributed by atoms with E-state index in [1.165, 1.54) is 5.56 Å². The Hall–Kier alpha value is -3.79. The standard InChI is InChI=1S/C30H33NO3/c1-5-20-31(26-16-12-9-13-17-26)29-23(4)28(30(32)33-7-3)25(22-27(29)34-21-6-2)19-18-24-14-10-8-11-15-24/h5-6,8-17,22H,1-2,7,18-21H2,3-4H3. The Bertz CT molecular complexity index is 1110. The van der Waals surface area contributed by atoms with Crippen LogP contribution in [0.25, 0.3) is 0 Å². The van der Waals surface area contributed by atoms with Gasteiger partial charge in [-0.15, -0.1) is 6.58 Å². The molecule has 0 radical (unpaired) electrons. The van der Waals surface area contributed by atoms with Crippen molar-refractivity contribution in [3.05, 3.63) is 114 Å². The minimum absolute atomic E-state index is 0.314. The molecule has 0 amide bonds. The first-order valence-corrected chi connectivity index (χ1v) is 11.6. The van der Waals surface area contributed by atoms with E-state index in [1.807, 2.05) is 74.5 Å². The van der Waals surface area contributed by atoms with E-state index in [-0.39, 0.29) is 5.97 Å². The fourth-order valence-corrected chi connectivity index (χ4v) is 4.11. The number of anilines is 2. The number of esters is 1. The summed E-state index contributed by atoms with van der Waals surface area (Å²) in [6, 6.07) is 22.3. The van der Waals surface area contributed by atoms with Crippen LogP contribution in [0.5, 0.6) is 5.75 Å². The summed E-state index contributed by atoms with van der Waals surface area (Å²) in [5, 5.41) is 0. The molecule has 0 heterocycles. The van der Waals surface area contributed by atoms with Gasteiger partial charge in [-0.2, -0.15) is 0 Å². The summed E-state index contributed by atoms with van der Waals surface area (Å²) >= 11 is 0. The van der Waals surface area contributed by atoms with Crippen LogP contribution in [0.4, 0.5) is 11.4 Å². The highest BCUT2D eigenvalue weighted by Gasteiger charge is 2.25. The maximum atomic E-state index is 13.2. The Morgan fingerprint density at radius 3 is 2.26 bits per heavy atom. The van der Waals surface area contributed by atoms with Gasteiger partial charge in [0.2, 0.25) is 0 Å². The number of para-hydroxylation sites is 1. The third-order valence-corrected chi connectivity index (χ3v) is 5.60. The zero-order valence-corrected chi connectivity index (χ0v) is 20.1. The van der Waals surface area contributed by atoms with Crippen molar-refractivity contribution in [2.75, 3.05) is 24.7 Å². The van der Waals surface area contributed by atoms with Crippen LogP contribution in [-0.2, 0) is 17.6 Å². The van der Waals surface area contributed by atoms with Crippen LogP contribution in [0.2, 0.25) is 0 Å². The van der Waals surface area contributed by atoms with E-state index in [0.717, 1.165) is 28.9 Å². The van der Waals surface area contributed by atoms with Crippen molar-refractivity contribution in [3.63, 3.8) is 0 Å². The zero-order valence-electron chi connectivity index (χ0n) is 20.1. The Balaban J connectivity index is 2.18. The molecule has 0 fully saturated rings. The number of aryl methyl sites for hydroxylation is 2. The SMILES string of the molecule is C=CCOc1cc(CCc2ccccc2)c(C(=O)OCC)c(C)c1N(CC=C)c1ccccc1. The van der Waals surface area contributed by atoms with Crippen molar-refractivity contribution in [3.8, 4) is 5.75 Å². The smallest absolute Gasteiger partial charge is 0.338 e. The maximum absolute atomic E-state index is 13.2. The van der Waals surface area contributed by atoms with Gasteiger partial charge in [0.1, 0.15) is 12.4 Å². The maximum Gasteiger partial charge on any atom is 0.338 e. The van der Waals surface area contributed by atoms with Crippen LogP contribution in [0.3, 0.4) is 0 Å². The Kier molecular flexibility index (Phi) is 9.10.